The third-order valence-electron chi connectivity index (χ3n) is 3.01. The maximum absolute atomic E-state index is 13.2. The van der Waals surface area contributed by atoms with Gasteiger partial charge in [0.25, 0.3) is 0 Å². The Kier molecular flexibility index (Phi) is 4.87. The SMILES string of the molecule is CCOc1cc(F)ccc1NCc1ccc(OC)cc1O. The second-order valence-corrected chi connectivity index (χ2v) is 4.42. The first-order valence-electron chi connectivity index (χ1n) is 6.66. The van der Waals surface area contributed by atoms with Gasteiger partial charge >= 0.3 is 0 Å². The van der Waals surface area contributed by atoms with Crippen LogP contribution in [0.15, 0.2) is 36.4 Å². The van der Waals surface area contributed by atoms with E-state index in [1.54, 1.807) is 31.4 Å². The summed E-state index contributed by atoms with van der Waals surface area (Å²) >= 11 is 0. The molecule has 5 heteroatoms. The number of methoxy groups -OCH3 is 1. The van der Waals surface area contributed by atoms with Crippen LogP contribution in [0, 0.1) is 5.82 Å². The van der Waals surface area contributed by atoms with Crippen molar-refractivity contribution in [2.75, 3.05) is 19.0 Å². The van der Waals surface area contributed by atoms with E-state index in [1.165, 1.54) is 12.1 Å². The quantitative estimate of drug-likeness (QED) is 0.854. The van der Waals surface area contributed by atoms with Gasteiger partial charge in [-0.15, -0.1) is 0 Å². The second kappa shape index (κ2) is 6.83. The number of benzene rings is 2. The van der Waals surface area contributed by atoms with Gasteiger partial charge < -0.3 is 19.9 Å². The van der Waals surface area contributed by atoms with Gasteiger partial charge in [-0.05, 0) is 31.2 Å². The molecule has 0 heterocycles. The summed E-state index contributed by atoms with van der Waals surface area (Å²) in [5.41, 5.74) is 1.39. The normalized spacial score (nSPS) is 10.2. The van der Waals surface area contributed by atoms with Gasteiger partial charge in [-0.25, -0.2) is 4.39 Å². The van der Waals surface area contributed by atoms with E-state index in [0.717, 1.165) is 0 Å². The highest BCUT2D eigenvalue weighted by Gasteiger charge is 2.07. The number of nitrogens with one attached hydrogen (secondary N) is 1. The molecule has 0 unspecified atom stereocenters. The lowest BCUT2D eigenvalue weighted by Gasteiger charge is -2.13. The Morgan fingerprint density at radius 3 is 2.67 bits per heavy atom. The van der Waals surface area contributed by atoms with Crippen molar-refractivity contribution in [1.29, 1.82) is 0 Å². The van der Waals surface area contributed by atoms with Crippen molar-refractivity contribution in [1.82, 2.24) is 0 Å². The zero-order valence-electron chi connectivity index (χ0n) is 12.0. The zero-order valence-corrected chi connectivity index (χ0v) is 12.0. The maximum atomic E-state index is 13.2. The topological polar surface area (TPSA) is 50.7 Å². The van der Waals surface area contributed by atoms with Crippen molar-refractivity contribution in [2.24, 2.45) is 0 Å². The van der Waals surface area contributed by atoms with E-state index in [1.807, 2.05) is 6.92 Å². The zero-order chi connectivity index (χ0) is 15.2. The van der Waals surface area contributed by atoms with E-state index in [0.29, 0.717) is 35.9 Å². The van der Waals surface area contributed by atoms with E-state index in [4.69, 9.17) is 9.47 Å². The van der Waals surface area contributed by atoms with Crippen LogP contribution in [0.5, 0.6) is 17.2 Å². The number of phenols is 1. The first-order valence-corrected chi connectivity index (χ1v) is 6.66. The van der Waals surface area contributed by atoms with Gasteiger partial charge in [0, 0.05) is 24.2 Å². The molecule has 4 nitrogen and oxygen atoms in total. The van der Waals surface area contributed by atoms with Crippen LogP contribution < -0.4 is 14.8 Å². The van der Waals surface area contributed by atoms with Crippen molar-refractivity contribution >= 4 is 5.69 Å². The molecule has 2 aromatic rings. The van der Waals surface area contributed by atoms with Crippen LogP contribution in [-0.2, 0) is 6.54 Å². The molecule has 2 rings (SSSR count). The maximum Gasteiger partial charge on any atom is 0.145 e. The Balaban J connectivity index is 2.12. The third-order valence-corrected chi connectivity index (χ3v) is 3.01. The standard InChI is InChI=1S/C16H18FNO3/c1-3-21-16-8-12(17)5-7-14(16)18-10-11-4-6-13(20-2)9-15(11)19/h4-9,18-19H,3,10H2,1-2H3. The average Bonchev–Trinajstić information content (AvgIpc) is 2.48. The number of hydrogen-bond acceptors (Lipinski definition) is 4. The summed E-state index contributed by atoms with van der Waals surface area (Å²) in [6, 6.07) is 9.39. The van der Waals surface area contributed by atoms with Gasteiger partial charge in [-0.1, -0.05) is 0 Å². The Bertz CT molecular complexity index is 616. The fraction of sp³-hybridized carbons (Fsp3) is 0.250. The summed E-state index contributed by atoms with van der Waals surface area (Å²) in [6.07, 6.45) is 0. The van der Waals surface area contributed by atoms with Crippen molar-refractivity contribution in [3.63, 3.8) is 0 Å². The van der Waals surface area contributed by atoms with Crippen LogP contribution in [0.3, 0.4) is 0 Å². The minimum Gasteiger partial charge on any atom is -0.507 e. The number of ether oxygens (including phenoxy) is 2. The first-order chi connectivity index (χ1) is 10.1. The van der Waals surface area contributed by atoms with Crippen molar-refractivity contribution in [3.05, 3.63) is 47.8 Å². The van der Waals surface area contributed by atoms with Crippen molar-refractivity contribution in [3.8, 4) is 17.2 Å². The summed E-state index contributed by atoms with van der Waals surface area (Å²) in [5.74, 6) is 0.830. The number of anilines is 1. The molecule has 0 atom stereocenters. The molecule has 0 spiro atoms. The molecule has 0 saturated heterocycles. The lowest BCUT2D eigenvalue weighted by Crippen LogP contribution is -2.03. The molecule has 0 aliphatic heterocycles. The fourth-order valence-electron chi connectivity index (χ4n) is 1.93. The van der Waals surface area contributed by atoms with E-state index in [2.05, 4.69) is 5.32 Å². The van der Waals surface area contributed by atoms with E-state index < -0.39 is 0 Å². The monoisotopic (exact) mass is 291 g/mol. The minimum atomic E-state index is -0.351. The third kappa shape index (κ3) is 3.78. The molecule has 0 aliphatic carbocycles. The van der Waals surface area contributed by atoms with Crippen LogP contribution in [0.4, 0.5) is 10.1 Å². The largest absolute Gasteiger partial charge is 0.507 e. The summed E-state index contributed by atoms with van der Waals surface area (Å²) in [4.78, 5) is 0. The Hall–Kier alpha value is -2.43. The van der Waals surface area contributed by atoms with E-state index in [-0.39, 0.29) is 11.6 Å². The molecule has 0 fully saturated rings. The predicted octanol–water partition coefficient (Wildman–Crippen LogP) is 3.55. The molecule has 2 aromatic carbocycles. The Morgan fingerprint density at radius 2 is 2.00 bits per heavy atom. The first kappa shape index (κ1) is 15.0. The molecular formula is C16H18FNO3. The molecule has 0 saturated carbocycles. The average molecular weight is 291 g/mol. The van der Waals surface area contributed by atoms with Crippen molar-refractivity contribution < 1.29 is 19.0 Å². The van der Waals surface area contributed by atoms with Gasteiger partial charge in [0.15, 0.2) is 0 Å². The summed E-state index contributed by atoms with van der Waals surface area (Å²) in [7, 11) is 1.54. The predicted molar refractivity (Wildman–Crippen MR) is 79.6 cm³/mol. The van der Waals surface area contributed by atoms with Gasteiger partial charge in [-0.2, -0.15) is 0 Å². The van der Waals surface area contributed by atoms with Crippen LogP contribution in [0.25, 0.3) is 0 Å². The van der Waals surface area contributed by atoms with Gasteiger partial charge in [-0.3, -0.25) is 0 Å². The summed E-state index contributed by atoms with van der Waals surface area (Å²) in [6.45, 7) is 2.68. The second-order valence-electron chi connectivity index (χ2n) is 4.42. The summed E-state index contributed by atoms with van der Waals surface area (Å²) < 4.78 is 23.6. The van der Waals surface area contributed by atoms with Crippen LogP contribution >= 0.6 is 0 Å². The Morgan fingerprint density at radius 1 is 1.19 bits per heavy atom. The number of rotatable bonds is 6. The molecule has 0 radical (unpaired) electrons. The number of aromatic hydroxyl groups is 1. The van der Waals surface area contributed by atoms with E-state index in [9.17, 15) is 9.50 Å². The highest BCUT2D eigenvalue weighted by atomic mass is 19.1. The molecule has 0 aromatic heterocycles. The number of phenolic OH excluding ortho intramolecular Hbond substituents is 1. The van der Waals surface area contributed by atoms with Gasteiger partial charge in [0.05, 0.1) is 19.4 Å². The fourth-order valence-corrected chi connectivity index (χ4v) is 1.93. The van der Waals surface area contributed by atoms with Gasteiger partial charge in [0.1, 0.15) is 23.1 Å². The number of halogens is 1. The van der Waals surface area contributed by atoms with Crippen LogP contribution in [-0.4, -0.2) is 18.8 Å². The Labute approximate surface area is 123 Å². The molecule has 0 amide bonds. The smallest absolute Gasteiger partial charge is 0.145 e. The summed E-state index contributed by atoms with van der Waals surface area (Å²) in [5, 5.41) is 13.0. The lowest BCUT2D eigenvalue weighted by molar-refractivity contribution is 0.339. The lowest BCUT2D eigenvalue weighted by atomic mass is 10.2. The van der Waals surface area contributed by atoms with Crippen molar-refractivity contribution in [2.45, 2.75) is 13.5 Å². The van der Waals surface area contributed by atoms with Gasteiger partial charge in [0.2, 0.25) is 0 Å². The molecule has 112 valence electrons. The molecule has 21 heavy (non-hydrogen) atoms. The minimum absolute atomic E-state index is 0.141. The highest BCUT2D eigenvalue weighted by molar-refractivity contribution is 5.57. The van der Waals surface area contributed by atoms with E-state index >= 15 is 0 Å². The molecule has 2 N–H and O–H groups in total. The molecule has 0 aliphatic rings. The van der Waals surface area contributed by atoms with Crippen LogP contribution in [0.2, 0.25) is 0 Å². The molecule has 0 bridgehead atoms. The number of hydrogen-bond donors (Lipinski definition) is 2. The molecular weight excluding hydrogens is 273 g/mol. The highest BCUT2D eigenvalue weighted by Crippen LogP contribution is 2.28. The van der Waals surface area contributed by atoms with Crippen LogP contribution in [0.1, 0.15) is 12.5 Å².